The molecule has 0 fully saturated rings. The Labute approximate surface area is 453 Å². The van der Waals surface area contributed by atoms with Gasteiger partial charge < -0.3 is 9.80 Å². The van der Waals surface area contributed by atoms with Crippen LogP contribution in [-0.4, -0.2) is 0 Å². The first-order valence-corrected chi connectivity index (χ1v) is 26.9. The molecule has 364 valence electrons. The minimum atomic E-state index is 1.07. The molecule has 0 saturated heterocycles. The van der Waals surface area contributed by atoms with Gasteiger partial charge in [0, 0.05) is 34.1 Å². The van der Waals surface area contributed by atoms with Gasteiger partial charge in [-0.05, 0) is 188 Å². The third-order valence-corrected chi connectivity index (χ3v) is 15.9. The van der Waals surface area contributed by atoms with Crippen LogP contribution in [0.2, 0.25) is 0 Å². The lowest BCUT2D eigenvalue weighted by Crippen LogP contribution is -2.10. The van der Waals surface area contributed by atoms with Crippen LogP contribution in [0.5, 0.6) is 0 Å². The monoisotopic (exact) mass is 990 g/mol. The molecule has 0 amide bonds. The predicted octanol–water partition coefficient (Wildman–Crippen LogP) is 21.7. The van der Waals surface area contributed by atoms with Gasteiger partial charge in [-0.25, -0.2) is 0 Å². The van der Waals surface area contributed by atoms with E-state index in [1.807, 2.05) is 0 Å². The molecule has 15 aromatic carbocycles. The van der Waals surface area contributed by atoms with Gasteiger partial charge in [-0.15, -0.1) is 0 Å². The number of benzene rings is 15. The maximum absolute atomic E-state index is 2.47. The zero-order valence-electron chi connectivity index (χ0n) is 42.8. The number of rotatable bonds is 9. The van der Waals surface area contributed by atoms with Gasteiger partial charge in [-0.3, -0.25) is 0 Å². The molecule has 15 rings (SSSR count). The Hall–Kier alpha value is -10.3. The summed E-state index contributed by atoms with van der Waals surface area (Å²) in [4.78, 5) is 4.89. The van der Waals surface area contributed by atoms with Crippen LogP contribution in [0.4, 0.5) is 34.1 Å². The molecule has 2 nitrogen and oxygen atoms in total. The molecule has 0 saturated carbocycles. The van der Waals surface area contributed by atoms with Gasteiger partial charge in [-0.2, -0.15) is 0 Å². The maximum Gasteiger partial charge on any atom is 0.0468 e. The summed E-state index contributed by atoms with van der Waals surface area (Å²) in [5.41, 5.74) is 13.7. The minimum absolute atomic E-state index is 1.07. The zero-order valence-corrected chi connectivity index (χ0v) is 42.8. The van der Waals surface area contributed by atoms with Crippen molar-refractivity contribution < 1.29 is 0 Å². The first-order chi connectivity index (χ1) is 38.7. The van der Waals surface area contributed by atoms with Crippen molar-refractivity contribution in [1.29, 1.82) is 0 Å². The van der Waals surface area contributed by atoms with E-state index in [1.54, 1.807) is 0 Å². The lowest BCUT2D eigenvalue weighted by atomic mass is 9.81. The molecule has 2 heteroatoms. The Morgan fingerprint density at radius 3 is 0.859 bits per heavy atom. The number of hydrogen-bond donors (Lipinski definition) is 0. The summed E-state index contributed by atoms with van der Waals surface area (Å²) in [7, 11) is 0. The van der Waals surface area contributed by atoms with Gasteiger partial charge in [0.05, 0.1) is 0 Å². The van der Waals surface area contributed by atoms with E-state index in [-0.39, 0.29) is 0 Å². The van der Waals surface area contributed by atoms with Crippen LogP contribution in [-0.2, 0) is 0 Å². The van der Waals surface area contributed by atoms with Gasteiger partial charge in [0.25, 0.3) is 0 Å². The molecule has 0 bridgehead atoms. The predicted molar refractivity (Wildman–Crippen MR) is 335 cm³/mol. The highest BCUT2D eigenvalue weighted by molar-refractivity contribution is 6.33. The second-order valence-corrected chi connectivity index (χ2v) is 20.5. The summed E-state index contributed by atoms with van der Waals surface area (Å²) in [6.07, 6.45) is 0. The molecule has 15 aromatic rings. The van der Waals surface area contributed by atoms with E-state index in [0.717, 1.165) is 34.1 Å². The fraction of sp³-hybridized carbons (Fsp3) is 0. The molecule has 0 heterocycles. The molecule has 78 heavy (non-hydrogen) atoms. The summed E-state index contributed by atoms with van der Waals surface area (Å²) in [6, 6.07) is 112. The highest BCUT2D eigenvalue weighted by Gasteiger charge is 2.25. The SMILES string of the molecule is c1ccc(-c2cc(-c3ccccc3)c3c4ccc(N(c5ccc6ccccc6c5)c5ccc6ccccc6c5)cc4c4cc(N(c5ccc6ccccc6c5)c5ccc6ccccc6c5)ccc4c3c2-c2ccccc2)cc1. The highest BCUT2D eigenvalue weighted by Crippen LogP contribution is 2.52. The Balaban J connectivity index is 1.09. The summed E-state index contributed by atoms with van der Waals surface area (Å²) >= 11 is 0. The molecule has 0 unspecified atom stereocenters. The molecule has 0 atom stereocenters. The van der Waals surface area contributed by atoms with Crippen LogP contribution >= 0.6 is 0 Å². The maximum atomic E-state index is 2.47. The molecule has 0 N–H and O–H groups in total. The molecule has 0 aliphatic carbocycles. The van der Waals surface area contributed by atoms with E-state index in [4.69, 9.17) is 0 Å². The van der Waals surface area contributed by atoms with Crippen LogP contribution in [0, 0.1) is 0 Å². The third kappa shape index (κ3) is 7.81. The van der Waals surface area contributed by atoms with E-state index in [2.05, 4.69) is 313 Å². The zero-order chi connectivity index (χ0) is 51.5. The fourth-order valence-corrected chi connectivity index (χ4v) is 12.2. The lowest BCUT2D eigenvalue weighted by Gasteiger charge is -2.29. The van der Waals surface area contributed by atoms with Crippen LogP contribution in [0.15, 0.2) is 303 Å². The van der Waals surface area contributed by atoms with Crippen molar-refractivity contribution in [3.8, 4) is 33.4 Å². The lowest BCUT2D eigenvalue weighted by molar-refractivity contribution is 1.30. The van der Waals surface area contributed by atoms with Crippen molar-refractivity contribution in [2.24, 2.45) is 0 Å². The van der Waals surface area contributed by atoms with Gasteiger partial charge in [-0.1, -0.05) is 224 Å². The smallest absolute Gasteiger partial charge is 0.0468 e. The summed E-state index contributed by atoms with van der Waals surface area (Å²) in [6.45, 7) is 0. The molecular formula is C76H50N2. The first kappa shape index (κ1) is 45.1. The molecule has 0 spiro atoms. The summed E-state index contributed by atoms with van der Waals surface area (Å²) in [5, 5.41) is 16.8. The Morgan fingerprint density at radius 1 is 0.179 bits per heavy atom. The highest BCUT2D eigenvalue weighted by atomic mass is 15.1. The second-order valence-electron chi connectivity index (χ2n) is 20.5. The van der Waals surface area contributed by atoms with Crippen LogP contribution in [0.1, 0.15) is 0 Å². The summed E-state index contributed by atoms with van der Waals surface area (Å²) < 4.78 is 0. The molecular weight excluding hydrogens is 941 g/mol. The molecule has 0 radical (unpaired) electrons. The molecule has 0 aliphatic rings. The number of hydrogen-bond acceptors (Lipinski definition) is 2. The first-order valence-electron chi connectivity index (χ1n) is 26.9. The Kier molecular flexibility index (Phi) is 10.9. The van der Waals surface area contributed by atoms with Crippen molar-refractivity contribution in [2.45, 2.75) is 0 Å². The largest absolute Gasteiger partial charge is 0.310 e. The van der Waals surface area contributed by atoms with Crippen LogP contribution in [0.25, 0.3) is 109 Å². The summed E-state index contributed by atoms with van der Waals surface area (Å²) in [5.74, 6) is 0. The van der Waals surface area contributed by atoms with Crippen molar-refractivity contribution in [3.63, 3.8) is 0 Å². The quantitative estimate of drug-likeness (QED) is 0.133. The van der Waals surface area contributed by atoms with Crippen molar-refractivity contribution >= 4 is 110 Å². The Bertz CT molecular complexity index is 4640. The number of nitrogens with zero attached hydrogens (tertiary/aromatic N) is 2. The van der Waals surface area contributed by atoms with E-state index in [9.17, 15) is 0 Å². The second kappa shape index (κ2) is 18.8. The average Bonchev–Trinajstić information content (AvgIpc) is 3.70. The third-order valence-electron chi connectivity index (χ3n) is 15.9. The van der Waals surface area contributed by atoms with Crippen LogP contribution in [0.3, 0.4) is 0 Å². The molecule has 0 aliphatic heterocycles. The van der Waals surface area contributed by atoms with Gasteiger partial charge >= 0.3 is 0 Å². The topological polar surface area (TPSA) is 6.48 Å². The van der Waals surface area contributed by atoms with E-state index < -0.39 is 0 Å². The number of anilines is 6. The van der Waals surface area contributed by atoms with Crippen molar-refractivity contribution in [2.75, 3.05) is 9.80 Å². The Morgan fingerprint density at radius 2 is 0.474 bits per heavy atom. The van der Waals surface area contributed by atoms with Crippen LogP contribution < -0.4 is 9.80 Å². The normalized spacial score (nSPS) is 11.6. The van der Waals surface area contributed by atoms with Gasteiger partial charge in [0.2, 0.25) is 0 Å². The standard InChI is InChI=1S/C76H50N2/c1-4-22-55(23-5-1)70-50-71(56-24-6-2-7-25-56)75-68-42-40-66(77(62-36-32-51-18-10-14-28-58(51)44-62)63-37-33-52-19-11-15-29-59(52)45-63)48-72(68)73-49-67(41-43-69(73)76(75)74(70)57-26-8-3-9-27-57)78(64-38-34-53-20-12-16-30-60(53)46-64)65-39-35-54-21-13-17-31-61(54)47-65/h1-50H. The minimum Gasteiger partial charge on any atom is -0.310 e. The van der Waals surface area contributed by atoms with Crippen molar-refractivity contribution in [3.05, 3.63) is 303 Å². The van der Waals surface area contributed by atoms with Crippen molar-refractivity contribution in [1.82, 2.24) is 0 Å². The fourth-order valence-electron chi connectivity index (χ4n) is 12.2. The average molecular weight is 991 g/mol. The van der Waals surface area contributed by atoms with E-state index in [0.29, 0.717) is 0 Å². The number of fused-ring (bicyclic) bond motifs is 10. The molecule has 0 aromatic heterocycles. The van der Waals surface area contributed by atoms with E-state index in [1.165, 1.54) is 109 Å². The van der Waals surface area contributed by atoms with Gasteiger partial charge in [0.1, 0.15) is 0 Å². The van der Waals surface area contributed by atoms with Gasteiger partial charge in [0.15, 0.2) is 0 Å². The van der Waals surface area contributed by atoms with E-state index >= 15 is 0 Å².